The summed E-state index contributed by atoms with van der Waals surface area (Å²) in [6.45, 7) is 6.22. The number of nitrogens with zero attached hydrogens (tertiary/aromatic N) is 1. The van der Waals surface area contributed by atoms with Gasteiger partial charge in [0.15, 0.2) is 9.84 Å². The van der Waals surface area contributed by atoms with Crippen molar-refractivity contribution < 1.29 is 8.42 Å². The van der Waals surface area contributed by atoms with Crippen LogP contribution in [0.25, 0.3) is 0 Å². The standard InChI is InChI=1S/C9H20N2O2S/c1-9(2,10)3-4-11-5-7-14(12,13)8-6-11/h3-8,10H2,1-2H3. The number of hydrogen-bond donors (Lipinski definition) is 1. The largest absolute Gasteiger partial charge is 0.326 e. The summed E-state index contributed by atoms with van der Waals surface area (Å²) in [5.74, 6) is 0.607. The average molecular weight is 220 g/mol. The molecular weight excluding hydrogens is 200 g/mol. The molecule has 1 heterocycles. The van der Waals surface area contributed by atoms with Gasteiger partial charge in [-0.3, -0.25) is 0 Å². The molecule has 0 spiro atoms. The van der Waals surface area contributed by atoms with Crippen LogP contribution in [0.2, 0.25) is 0 Å². The van der Waals surface area contributed by atoms with E-state index in [9.17, 15) is 8.42 Å². The van der Waals surface area contributed by atoms with Crippen LogP contribution in [0.1, 0.15) is 20.3 Å². The van der Waals surface area contributed by atoms with Crippen LogP contribution < -0.4 is 5.73 Å². The van der Waals surface area contributed by atoms with Gasteiger partial charge in [0.05, 0.1) is 11.5 Å². The number of nitrogens with two attached hydrogens (primary N) is 1. The number of hydrogen-bond acceptors (Lipinski definition) is 4. The molecule has 0 amide bonds. The van der Waals surface area contributed by atoms with E-state index >= 15 is 0 Å². The van der Waals surface area contributed by atoms with Crippen molar-refractivity contribution in [2.75, 3.05) is 31.1 Å². The molecule has 1 fully saturated rings. The van der Waals surface area contributed by atoms with Crippen molar-refractivity contribution in [1.82, 2.24) is 4.90 Å². The molecule has 0 atom stereocenters. The van der Waals surface area contributed by atoms with Crippen LogP contribution >= 0.6 is 0 Å². The maximum atomic E-state index is 11.1. The molecule has 4 nitrogen and oxygen atoms in total. The van der Waals surface area contributed by atoms with E-state index in [0.29, 0.717) is 24.6 Å². The van der Waals surface area contributed by atoms with Gasteiger partial charge in [0.2, 0.25) is 0 Å². The van der Waals surface area contributed by atoms with Crippen molar-refractivity contribution in [3.05, 3.63) is 0 Å². The Labute approximate surface area is 86.4 Å². The molecule has 0 saturated carbocycles. The van der Waals surface area contributed by atoms with Gasteiger partial charge in [-0.15, -0.1) is 0 Å². The molecule has 0 aromatic carbocycles. The quantitative estimate of drug-likeness (QED) is 0.718. The highest BCUT2D eigenvalue weighted by Gasteiger charge is 2.22. The zero-order valence-corrected chi connectivity index (χ0v) is 9.81. The van der Waals surface area contributed by atoms with Gasteiger partial charge in [0.25, 0.3) is 0 Å². The van der Waals surface area contributed by atoms with E-state index < -0.39 is 9.84 Å². The maximum Gasteiger partial charge on any atom is 0.152 e. The minimum Gasteiger partial charge on any atom is -0.326 e. The molecule has 1 rings (SSSR count). The van der Waals surface area contributed by atoms with E-state index in [2.05, 4.69) is 4.90 Å². The first-order valence-corrected chi connectivity index (χ1v) is 6.82. The van der Waals surface area contributed by atoms with Crippen LogP contribution in [0.5, 0.6) is 0 Å². The molecule has 5 heteroatoms. The Hall–Kier alpha value is -0.130. The van der Waals surface area contributed by atoms with Gasteiger partial charge >= 0.3 is 0 Å². The summed E-state index contributed by atoms with van der Waals surface area (Å²) >= 11 is 0. The lowest BCUT2D eigenvalue weighted by Crippen LogP contribution is -2.44. The van der Waals surface area contributed by atoms with Gasteiger partial charge < -0.3 is 10.6 Å². The average Bonchev–Trinajstić information content (AvgIpc) is 2.01. The van der Waals surface area contributed by atoms with Gasteiger partial charge in [0, 0.05) is 18.6 Å². The first-order chi connectivity index (χ1) is 6.29. The summed E-state index contributed by atoms with van der Waals surface area (Å²) in [7, 11) is -2.74. The second-order valence-electron chi connectivity index (χ2n) is 4.73. The molecule has 0 aromatic heterocycles. The normalized spacial score (nSPS) is 23.6. The fourth-order valence-corrected chi connectivity index (χ4v) is 2.70. The Kier molecular flexibility index (Phi) is 3.55. The summed E-state index contributed by atoms with van der Waals surface area (Å²) in [5.41, 5.74) is 5.70. The van der Waals surface area contributed by atoms with E-state index in [-0.39, 0.29) is 5.54 Å². The molecule has 2 N–H and O–H groups in total. The summed E-state index contributed by atoms with van der Waals surface area (Å²) in [5, 5.41) is 0. The Balaban J connectivity index is 2.30. The number of rotatable bonds is 3. The monoisotopic (exact) mass is 220 g/mol. The maximum absolute atomic E-state index is 11.1. The predicted molar refractivity (Wildman–Crippen MR) is 58.0 cm³/mol. The second-order valence-corrected chi connectivity index (χ2v) is 7.04. The molecule has 0 radical (unpaired) electrons. The molecule has 84 valence electrons. The van der Waals surface area contributed by atoms with Crippen molar-refractivity contribution in [1.29, 1.82) is 0 Å². The first kappa shape index (κ1) is 11.9. The van der Waals surface area contributed by atoms with Gasteiger partial charge in [0.1, 0.15) is 0 Å². The molecule has 1 saturated heterocycles. The van der Waals surface area contributed by atoms with E-state index in [0.717, 1.165) is 13.0 Å². The van der Waals surface area contributed by atoms with Gasteiger partial charge in [-0.25, -0.2) is 8.42 Å². The van der Waals surface area contributed by atoms with Crippen LogP contribution in [-0.4, -0.2) is 50.0 Å². The molecule has 0 aliphatic carbocycles. The summed E-state index contributed by atoms with van der Waals surface area (Å²) < 4.78 is 22.3. The second kappa shape index (κ2) is 4.16. The van der Waals surface area contributed by atoms with E-state index in [4.69, 9.17) is 5.73 Å². The SMILES string of the molecule is CC(C)(N)CCN1CCS(=O)(=O)CC1. The Morgan fingerprint density at radius 2 is 1.79 bits per heavy atom. The lowest BCUT2D eigenvalue weighted by atomic mass is 10.0. The molecule has 14 heavy (non-hydrogen) atoms. The molecular formula is C9H20N2O2S. The summed E-state index contributed by atoms with van der Waals surface area (Å²) in [6.07, 6.45) is 0.910. The Bertz CT molecular complexity index is 266. The smallest absolute Gasteiger partial charge is 0.152 e. The van der Waals surface area contributed by atoms with Gasteiger partial charge in [-0.2, -0.15) is 0 Å². The highest BCUT2D eigenvalue weighted by Crippen LogP contribution is 2.08. The topological polar surface area (TPSA) is 63.4 Å². The highest BCUT2D eigenvalue weighted by molar-refractivity contribution is 7.91. The molecule has 0 aromatic rings. The zero-order chi connectivity index (χ0) is 10.8. The van der Waals surface area contributed by atoms with E-state index in [1.165, 1.54) is 0 Å². The highest BCUT2D eigenvalue weighted by atomic mass is 32.2. The molecule has 1 aliphatic rings. The Morgan fingerprint density at radius 1 is 1.29 bits per heavy atom. The van der Waals surface area contributed by atoms with Crippen LogP contribution in [0, 0.1) is 0 Å². The predicted octanol–water partition coefficient (Wildman–Crippen LogP) is -0.156. The van der Waals surface area contributed by atoms with Crippen molar-refractivity contribution in [3.63, 3.8) is 0 Å². The third-order valence-electron chi connectivity index (χ3n) is 2.51. The van der Waals surface area contributed by atoms with Crippen LogP contribution in [0.15, 0.2) is 0 Å². The van der Waals surface area contributed by atoms with Crippen LogP contribution in [0.3, 0.4) is 0 Å². The molecule has 0 bridgehead atoms. The minimum atomic E-state index is -2.74. The molecule has 0 unspecified atom stereocenters. The summed E-state index contributed by atoms with van der Waals surface area (Å²) in [6, 6.07) is 0. The van der Waals surface area contributed by atoms with Crippen molar-refractivity contribution in [2.45, 2.75) is 25.8 Å². The van der Waals surface area contributed by atoms with E-state index in [1.54, 1.807) is 0 Å². The van der Waals surface area contributed by atoms with E-state index in [1.807, 2.05) is 13.8 Å². The minimum absolute atomic E-state index is 0.156. The first-order valence-electron chi connectivity index (χ1n) is 5.00. The summed E-state index contributed by atoms with van der Waals surface area (Å²) in [4.78, 5) is 2.18. The number of sulfone groups is 1. The van der Waals surface area contributed by atoms with Crippen molar-refractivity contribution in [2.24, 2.45) is 5.73 Å². The zero-order valence-electron chi connectivity index (χ0n) is 8.99. The Morgan fingerprint density at radius 3 is 2.21 bits per heavy atom. The van der Waals surface area contributed by atoms with Crippen molar-refractivity contribution in [3.8, 4) is 0 Å². The molecule has 1 aliphatic heterocycles. The lowest BCUT2D eigenvalue weighted by molar-refractivity contribution is 0.266. The van der Waals surface area contributed by atoms with Crippen LogP contribution in [-0.2, 0) is 9.84 Å². The third kappa shape index (κ3) is 4.39. The fraction of sp³-hybridized carbons (Fsp3) is 1.00. The van der Waals surface area contributed by atoms with Crippen LogP contribution in [0.4, 0.5) is 0 Å². The van der Waals surface area contributed by atoms with Crippen molar-refractivity contribution >= 4 is 9.84 Å². The lowest BCUT2D eigenvalue weighted by Gasteiger charge is -2.29. The van der Waals surface area contributed by atoms with Gasteiger partial charge in [-0.1, -0.05) is 0 Å². The van der Waals surface area contributed by atoms with Gasteiger partial charge in [-0.05, 0) is 26.8 Å². The third-order valence-corrected chi connectivity index (χ3v) is 4.12. The fourth-order valence-electron chi connectivity index (χ4n) is 1.42.